The zero-order valence-corrected chi connectivity index (χ0v) is 6.57. The van der Waals surface area contributed by atoms with Crippen LogP contribution in [0.25, 0.3) is 0 Å². The average molecular weight is 154 g/mol. The molecule has 0 aliphatic heterocycles. The third kappa shape index (κ3) is 1.65. The van der Waals surface area contributed by atoms with E-state index in [1.54, 1.807) is 24.0 Å². The molecule has 0 amide bonds. The number of methoxy groups -OCH3 is 1. The zero-order chi connectivity index (χ0) is 8.27. The van der Waals surface area contributed by atoms with Crippen LogP contribution in [0.15, 0.2) is 12.4 Å². The van der Waals surface area contributed by atoms with Crippen LogP contribution in [0.5, 0.6) is 0 Å². The van der Waals surface area contributed by atoms with E-state index >= 15 is 0 Å². The lowest BCUT2D eigenvalue weighted by Crippen LogP contribution is -2.12. The van der Waals surface area contributed by atoms with Crippen molar-refractivity contribution in [1.82, 2.24) is 9.55 Å². The van der Waals surface area contributed by atoms with Gasteiger partial charge in [0.05, 0.1) is 0 Å². The number of hydrogen-bond acceptors (Lipinski definition) is 3. The van der Waals surface area contributed by atoms with Crippen molar-refractivity contribution in [3.63, 3.8) is 0 Å². The fourth-order valence-corrected chi connectivity index (χ4v) is 0.830. The van der Waals surface area contributed by atoms with Crippen molar-refractivity contribution in [1.29, 1.82) is 0 Å². The molecule has 0 N–H and O–H groups in total. The summed E-state index contributed by atoms with van der Waals surface area (Å²) in [5.74, 6) is 0.340. The Morgan fingerprint density at radius 2 is 2.55 bits per heavy atom. The third-order valence-corrected chi connectivity index (χ3v) is 1.35. The molecule has 1 aromatic heterocycles. The van der Waals surface area contributed by atoms with Crippen LogP contribution in [0.1, 0.15) is 10.6 Å². The minimum absolute atomic E-state index is 0.0881. The summed E-state index contributed by atoms with van der Waals surface area (Å²) in [5, 5.41) is 0. The monoisotopic (exact) mass is 154 g/mol. The van der Waals surface area contributed by atoms with Gasteiger partial charge in [-0.05, 0) is 0 Å². The van der Waals surface area contributed by atoms with E-state index in [4.69, 9.17) is 0 Å². The van der Waals surface area contributed by atoms with Crippen molar-refractivity contribution in [2.75, 3.05) is 13.7 Å². The molecule has 4 heteroatoms. The molecule has 0 saturated heterocycles. The Hall–Kier alpha value is -1.16. The summed E-state index contributed by atoms with van der Waals surface area (Å²) in [6.45, 7) is 0.0881. The summed E-state index contributed by atoms with van der Waals surface area (Å²) >= 11 is 0. The molecule has 0 aliphatic rings. The van der Waals surface area contributed by atoms with Crippen molar-refractivity contribution in [3.05, 3.63) is 18.2 Å². The van der Waals surface area contributed by atoms with Crippen molar-refractivity contribution in [2.45, 2.75) is 0 Å². The first-order valence-electron chi connectivity index (χ1n) is 3.25. The van der Waals surface area contributed by atoms with Gasteiger partial charge in [0.1, 0.15) is 6.61 Å². The third-order valence-electron chi connectivity index (χ3n) is 1.35. The molecule has 0 radical (unpaired) electrons. The number of nitrogens with zero attached hydrogens (tertiary/aromatic N) is 2. The molecule has 0 bridgehead atoms. The Kier molecular flexibility index (Phi) is 2.38. The topological polar surface area (TPSA) is 44.1 Å². The Labute approximate surface area is 64.8 Å². The van der Waals surface area contributed by atoms with Crippen LogP contribution in [0, 0.1) is 0 Å². The molecule has 0 spiro atoms. The molecule has 1 heterocycles. The molecule has 60 valence electrons. The largest absolute Gasteiger partial charge is 0.376 e. The van der Waals surface area contributed by atoms with Crippen LogP contribution in [0.4, 0.5) is 0 Å². The van der Waals surface area contributed by atoms with Crippen LogP contribution >= 0.6 is 0 Å². The number of ketones is 1. The van der Waals surface area contributed by atoms with Crippen molar-refractivity contribution in [3.8, 4) is 0 Å². The van der Waals surface area contributed by atoms with Crippen molar-refractivity contribution >= 4 is 5.78 Å². The lowest BCUT2D eigenvalue weighted by atomic mass is 10.4. The maximum atomic E-state index is 11.1. The van der Waals surface area contributed by atoms with Crippen LogP contribution < -0.4 is 0 Å². The van der Waals surface area contributed by atoms with E-state index in [0.29, 0.717) is 5.82 Å². The van der Waals surface area contributed by atoms with Gasteiger partial charge in [0.15, 0.2) is 5.82 Å². The minimum atomic E-state index is -0.0972. The molecule has 4 nitrogen and oxygen atoms in total. The first kappa shape index (κ1) is 7.94. The number of Topliss-reactive ketones (excluding diaryl/α,β-unsaturated/α-hetero) is 1. The number of aryl methyl sites for hydroxylation is 1. The standard InChI is InChI=1S/C7H10N2O2/c1-9-4-3-8-7(9)6(10)5-11-2/h3-4H,5H2,1-2H3. The molecule has 11 heavy (non-hydrogen) atoms. The number of carbonyl (C=O) groups excluding carboxylic acids is 1. The summed E-state index contributed by atoms with van der Waals surface area (Å²) in [6, 6.07) is 0. The van der Waals surface area contributed by atoms with Gasteiger partial charge >= 0.3 is 0 Å². The Morgan fingerprint density at radius 3 is 3.00 bits per heavy atom. The molecule has 0 saturated carbocycles. The van der Waals surface area contributed by atoms with Gasteiger partial charge in [-0.1, -0.05) is 0 Å². The van der Waals surface area contributed by atoms with E-state index in [0.717, 1.165) is 0 Å². The molecule has 0 unspecified atom stereocenters. The fourth-order valence-electron chi connectivity index (χ4n) is 0.830. The molecule has 0 atom stereocenters. The Bertz CT molecular complexity index is 255. The van der Waals surface area contributed by atoms with Crippen molar-refractivity contribution < 1.29 is 9.53 Å². The average Bonchev–Trinajstić information content (AvgIpc) is 2.36. The van der Waals surface area contributed by atoms with E-state index in [9.17, 15) is 4.79 Å². The molecule has 1 aromatic rings. The number of rotatable bonds is 3. The van der Waals surface area contributed by atoms with Crippen LogP contribution in [-0.2, 0) is 11.8 Å². The van der Waals surface area contributed by atoms with Gasteiger partial charge in [-0.3, -0.25) is 4.79 Å². The smallest absolute Gasteiger partial charge is 0.223 e. The van der Waals surface area contributed by atoms with Gasteiger partial charge in [-0.25, -0.2) is 4.98 Å². The van der Waals surface area contributed by atoms with Crippen LogP contribution in [0.2, 0.25) is 0 Å². The van der Waals surface area contributed by atoms with Gasteiger partial charge in [-0.15, -0.1) is 0 Å². The van der Waals surface area contributed by atoms with Gasteiger partial charge < -0.3 is 9.30 Å². The molecule has 0 aliphatic carbocycles. The quantitative estimate of drug-likeness (QED) is 0.586. The maximum Gasteiger partial charge on any atom is 0.223 e. The molecule has 0 fully saturated rings. The fraction of sp³-hybridized carbons (Fsp3) is 0.429. The van der Waals surface area contributed by atoms with Gasteiger partial charge in [0.25, 0.3) is 0 Å². The lowest BCUT2D eigenvalue weighted by Gasteiger charge is -1.98. The first-order chi connectivity index (χ1) is 5.25. The predicted octanol–water partition coefficient (Wildman–Crippen LogP) is 0.249. The maximum absolute atomic E-state index is 11.1. The van der Waals surface area contributed by atoms with E-state index in [1.165, 1.54) is 7.11 Å². The zero-order valence-electron chi connectivity index (χ0n) is 6.57. The summed E-state index contributed by atoms with van der Waals surface area (Å²) in [4.78, 5) is 15.0. The summed E-state index contributed by atoms with van der Waals surface area (Å²) in [7, 11) is 3.26. The van der Waals surface area contributed by atoms with Crippen LogP contribution in [0.3, 0.4) is 0 Å². The number of aromatic nitrogens is 2. The Balaban J connectivity index is 2.76. The highest BCUT2D eigenvalue weighted by Gasteiger charge is 2.08. The highest BCUT2D eigenvalue weighted by molar-refractivity contribution is 5.93. The van der Waals surface area contributed by atoms with Gasteiger partial charge in [0, 0.05) is 26.6 Å². The van der Waals surface area contributed by atoms with Crippen LogP contribution in [-0.4, -0.2) is 29.1 Å². The summed E-state index contributed by atoms with van der Waals surface area (Å²) in [5.41, 5.74) is 0. The minimum Gasteiger partial charge on any atom is -0.376 e. The van der Waals surface area contributed by atoms with Gasteiger partial charge in [-0.2, -0.15) is 0 Å². The lowest BCUT2D eigenvalue weighted by molar-refractivity contribution is 0.0834. The molecule has 1 rings (SSSR count). The summed E-state index contributed by atoms with van der Waals surface area (Å²) < 4.78 is 6.35. The number of carbonyl (C=O) groups is 1. The van der Waals surface area contributed by atoms with E-state index in [-0.39, 0.29) is 12.4 Å². The second kappa shape index (κ2) is 3.30. The molecular formula is C7H10N2O2. The van der Waals surface area contributed by atoms with E-state index in [2.05, 4.69) is 9.72 Å². The van der Waals surface area contributed by atoms with E-state index in [1.807, 2.05) is 0 Å². The molecule has 0 aromatic carbocycles. The highest BCUT2D eigenvalue weighted by atomic mass is 16.5. The second-order valence-electron chi connectivity index (χ2n) is 2.22. The summed E-state index contributed by atoms with van der Waals surface area (Å²) in [6.07, 6.45) is 3.31. The highest BCUT2D eigenvalue weighted by Crippen LogP contribution is 1.95. The SMILES string of the molecule is COCC(=O)c1nccn1C. The first-order valence-corrected chi connectivity index (χ1v) is 3.25. The predicted molar refractivity (Wildman–Crippen MR) is 39.4 cm³/mol. The number of ether oxygens (including phenoxy) is 1. The normalized spacial score (nSPS) is 10.0. The van der Waals surface area contributed by atoms with Crippen molar-refractivity contribution in [2.24, 2.45) is 7.05 Å². The Morgan fingerprint density at radius 1 is 1.82 bits per heavy atom. The van der Waals surface area contributed by atoms with E-state index < -0.39 is 0 Å². The van der Waals surface area contributed by atoms with Gasteiger partial charge in [0.2, 0.25) is 5.78 Å². The number of hydrogen-bond donors (Lipinski definition) is 0. The molecular weight excluding hydrogens is 144 g/mol. The number of imidazole rings is 1. The second-order valence-corrected chi connectivity index (χ2v) is 2.22.